The van der Waals surface area contributed by atoms with E-state index in [9.17, 15) is 4.79 Å². The number of ether oxygens (including phenoxy) is 1. The minimum Gasteiger partial charge on any atom is -0.469 e. The third kappa shape index (κ3) is 7.26. The minimum absolute atomic E-state index is 0.143. The Balaban J connectivity index is 1.58. The molecule has 0 amide bonds. The van der Waals surface area contributed by atoms with Crippen molar-refractivity contribution in [3.05, 3.63) is 96.6 Å². The van der Waals surface area contributed by atoms with Crippen LogP contribution in [0.1, 0.15) is 37.2 Å². The van der Waals surface area contributed by atoms with Gasteiger partial charge in [0.25, 0.3) is 0 Å². The number of hydrogen-bond donors (Lipinski definition) is 0. The first kappa shape index (κ1) is 22.5. The van der Waals surface area contributed by atoms with Crippen LogP contribution in [0.4, 0.5) is 0 Å². The minimum atomic E-state index is -0.182. The average molecular weight is 437 g/mol. The molecule has 0 saturated carbocycles. The lowest BCUT2D eigenvalue weighted by atomic mass is 9.93. The Labute approximate surface area is 188 Å². The van der Waals surface area contributed by atoms with E-state index in [0.717, 1.165) is 31.2 Å². The van der Waals surface area contributed by atoms with Gasteiger partial charge in [-0.3, -0.25) is 4.79 Å². The lowest BCUT2D eigenvalue weighted by molar-refractivity contribution is -0.142. The Morgan fingerprint density at radius 1 is 0.733 bits per heavy atom. The van der Waals surface area contributed by atoms with Gasteiger partial charge in [-0.15, -0.1) is 23.5 Å². The van der Waals surface area contributed by atoms with Gasteiger partial charge < -0.3 is 4.74 Å². The molecule has 0 spiro atoms. The summed E-state index contributed by atoms with van der Waals surface area (Å²) in [6, 6.07) is 31.1. The normalized spacial score (nSPS) is 11.9. The number of carbonyl (C=O) groups excluding carboxylic acids is 1. The summed E-state index contributed by atoms with van der Waals surface area (Å²) in [5, 5.41) is 0. The number of thioether (sulfide) groups is 2. The first-order valence-electron chi connectivity index (χ1n) is 10.3. The van der Waals surface area contributed by atoms with Crippen molar-refractivity contribution < 1.29 is 9.53 Å². The van der Waals surface area contributed by atoms with Gasteiger partial charge in [-0.25, -0.2) is 0 Å². The Bertz CT molecular complexity index is 828. The quantitative estimate of drug-likeness (QED) is 0.135. The number of hydrogen-bond acceptors (Lipinski definition) is 4. The number of esters is 1. The predicted molar refractivity (Wildman–Crippen MR) is 128 cm³/mol. The summed E-state index contributed by atoms with van der Waals surface area (Å²) in [6.45, 7) is 0. The van der Waals surface area contributed by atoms with Gasteiger partial charge in [-0.1, -0.05) is 79.6 Å². The molecule has 3 aromatic rings. The van der Waals surface area contributed by atoms with Crippen molar-refractivity contribution in [3.63, 3.8) is 0 Å². The molecule has 0 aliphatic heterocycles. The summed E-state index contributed by atoms with van der Waals surface area (Å²) in [4.78, 5) is 14.9. The molecule has 156 valence electrons. The summed E-state index contributed by atoms with van der Waals surface area (Å²) in [5.41, 5.74) is 1.04. The molecule has 3 aromatic carbocycles. The molecule has 0 saturated heterocycles. The van der Waals surface area contributed by atoms with E-state index in [0.29, 0.717) is 4.58 Å². The van der Waals surface area contributed by atoms with Crippen LogP contribution < -0.4 is 0 Å². The summed E-state index contributed by atoms with van der Waals surface area (Å²) >= 11 is 3.84. The Hall–Kier alpha value is -2.17. The van der Waals surface area contributed by atoms with E-state index in [4.69, 9.17) is 4.74 Å². The van der Waals surface area contributed by atoms with E-state index in [-0.39, 0.29) is 11.9 Å². The van der Waals surface area contributed by atoms with Crippen molar-refractivity contribution in [2.24, 2.45) is 0 Å². The van der Waals surface area contributed by atoms with Gasteiger partial charge in [0.15, 0.2) is 0 Å². The highest BCUT2D eigenvalue weighted by atomic mass is 32.2. The molecule has 0 aliphatic rings. The number of methoxy groups -OCH3 is 1. The molecule has 0 N–H and O–H groups in total. The fourth-order valence-corrected chi connectivity index (χ4v) is 6.02. The highest BCUT2D eigenvalue weighted by molar-refractivity contribution is 8.17. The summed E-state index contributed by atoms with van der Waals surface area (Å²) in [5.74, 6) is -0.326. The number of benzene rings is 3. The second-order valence-electron chi connectivity index (χ2n) is 7.06. The Morgan fingerprint density at radius 2 is 1.20 bits per heavy atom. The second kappa shape index (κ2) is 12.5. The molecule has 0 bridgehead atoms. The van der Waals surface area contributed by atoms with Gasteiger partial charge in [-0.2, -0.15) is 0 Å². The SMILES string of the molecule is COC(=O)C(CCCCC(Sc1ccccc1)Sc1ccccc1)c1ccccc1. The molecule has 3 rings (SSSR count). The van der Waals surface area contributed by atoms with E-state index >= 15 is 0 Å². The van der Waals surface area contributed by atoms with Crippen molar-refractivity contribution in [1.82, 2.24) is 0 Å². The van der Waals surface area contributed by atoms with Gasteiger partial charge in [-0.05, 0) is 42.7 Å². The van der Waals surface area contributed by atoms with Crippen LogP contribution in [0.2, 0.25) is 0 Å². The summed E-state index contributed by atoms with van der Waals surface area (Å²) in [6.07, 6.45) is 3.97. The maximum atomic E-state index is 12.3. The van der Waals surface area contributed by atoms with Gasteiger partial charge in [0.2, 0.25) is 0 Å². The zero-order valence-electron chi connectivity index (χ0n) is 17.3. The molecule has 4 heteroatoms. The first-order valence-corrected chi connectivity index (χ1v) is 12.1. The standard InChI is InChI=1S/C26H28O2S2/c1-28-26(27)24(21-13-5-2-6-14-21)19-11-12-20-25(29-22-15-7-3-8-16-22)30-23-17-9-4-10-18-23/h2-10,13-18,24-25H,11-12,19-20H2,1H3. The van der Waals surface area contributed by atoms with Crippen LogP contribution in [0, 0.1) is 0 Å². The van der Waals surface area contributed by atoms with Crippen molar-refractivity contribution in [2.45, 2.75) is 46.0 Å². The Kier molecular flexibility index (Phi) is 9.39. The summed E-state index contributed by atoms with van der Waals surface area (Å²) < 4.78 is 5.49. The molecular formula is C26H28O2S2. The molecule has 0 aromatic heterocycles. The van der Waals surface area contributed by atoms with Gasteiger partial charge in [0, 0.05) is 9.79 Å². The molecule has 30 heavy (non-hydrogen) atoms. The van der Waals surface area contributed by atoms with E-state index in [1.807, 2.05) is 53.9 Å². The van der Waals surface area contributed by atoms with E-state index < -0.39 is 0 Å². The fraction of sp³-hybridized carbons (Fsp3) is 0.269. The molecule has 1 unspecified atom stereocenters. The van der Waals surface area contributed by atoms with Crippen LogP contribution in [-0.2, 0) is 9.53 Å². The van der Waals surface area contributed by atoms with Gasteiger partial charge in [0.1, 0.15) is 0 Å². The third-order valence-corrected chi connectivity index (χ3v) is 7.55. The van der Waals surface area contributed by atoms with Gasteiger partial charge in [0.05, 0.1) is 17.6 Å². The molecule has 2 nitrogen and oxygen atoms in total. The number of rotatable bonds is 11. The van der Waals surface area contributed by atoms with Crippen molar-refractivity contribution in [2.75, 3.05) is 7.11 Å². The molecule has 0 heterocycles. The van der Waals surface area contributed by atoms with Crippen LogP contribution in [0.25, 0.3) is 0 Å². The fourth-order valence-electron chi connectivity index (χ4n) is 3.35. The second-order valence-corrected chi connectivity index (χ2v) is 9.91. The lowest BCUT2D eigenvalue weighted by Crippen LogP contribution is -2.14. The van der Waals surface area contributed by atoms with Crippen LogP contribution in [0.5, 0.6) is 0 Å². The van der Waals surface area contributed by atoms with Crippen molar-refractivity contribution in [3.8, 4) is 0 Å². The zero-order chi connectivity index (χ0) is 21.0. The van der Waals surface area contributed by atoms with E-state index in [1.165, 1.54) is 16.9 Å². The maximum absolute atomic E-state index is 12.3. The van der Waals surface area contributed by atoms with Crippen LogP contribution in [-0.4, -0.2) is 17.7 Å². The average Bonchev–Trinajstić information content (AvgIpc) is 2.80. The monoisotopic (exact) mass is 436 g/mol. The smallest absolute Gasteiger partial charge is 0.313 e. The number of unbranched alkanes of at least 4 members (excludes halogenated alkanes) is 1. The lowest BCUT2D eigenvalue weighted by Gasteiger charge is -2.18. The summed E-state index contributed by atoms with van der Waals surface area (Å²) in [7, 11) is 1.47. The first-order chi connectivity index (χ1) is 14.8. The van der Waals surface area contributed by atoms with Crippen LogP contribution in [0.15, 0.2) is 101 Å². The molecule has 1 atom stereocenters. The zero-order valence-corrected chi connectivity index (χ0v) is 18.9. The molecule has 0 fully saturated rings. The molecule has 0 aliphatic carbocycles. The van der Waals surface area contributed by atoms with Crippen molar-refractivity contribution >= 4 is 29.5 Å². The predicted octanol–water partition coefficient (Wildman–Crippen LogP) is 7.41. The third-order valence-electron chi connectivity index (χ3n) is 4.89. The van der Waals surface area contributed by atoms with Crippen molar-refractivity contribution in [1.29, 1.82) is 0 Å². The molecular weight excluding hydrogens is 408 g/mol. The largest absolute Gasteiger partial charge is 0.469 e. The van der Waals surface area contributed by atoms with E-state index in [1.54, 1.807) is 0 Å². The maximum Gasteiger partial charge on any atom is 0.313 e. The highest BCUT2D eigenvalue weighted by Gasteiger charge is 2.21. The number of carbonyl (C=O) groups is 1. The van der Waals surface area contributed by atoms with Gasteiger partial charge >= 0.3 is 5.97 Å². The topological polar surface area (TPSA) is 26.3 Å². The highest BCUT2D eigenvalue weighted by Crippen LogP contribution is 2.38. The van der Waals surface area contributed by atoms with E-state index in [2.05, 4.69) is 60.7 Å². The molecule has 0 radical (unpaired) electrons. The van der Waals surface area contributed by atoms with Crippen LogP contribution in [0.3, 0.4) is 0 Å². The Morgan fingerprint density at radius 3 is 1.70 bits per heavy atom. The van der Waals surface area contributed by atoms with Crippen LogP contribution >= 0.6 is 23.5 Å².